The number of Topliss-reactive ketones (excluding diaryl/α,β-unsaturated/α-hetero) is 4. The number of ketones is 4. The van der Waals surface area contributed by atoms with Gasteiger partial charge in [0.25, 0.3) is 0 Å². The number of fused-ring (bicyclic) bond motifs is 20. The molecule has 27 nitrogen and oxygen atoms in total. The van der Waals surface area contributed by atoms with Gasteiger partial charge >= 0.3 is 5.97 Å². The predicted molar refractivity (Wildman–Crippen MR) is 315 cm³/mol. The molecular weight excluding hydrogens is 1160 g/mol. The molecule has 452 valence electrons. The Morgan fingerprint density at radius 3 is 1.29 bits per heavy atom. The maximum atomic E-state index is 14.0. The van der Waals surface area contributed by atoms with E-state index in [1.54, 1.807) is 48.5 Å². The van der Waals surface area contributed by atoms with E-state index >= 15 is 0 Å². The van der Waals surface area contributed by atoms with Gasteiger partial charge in [-0.15, -0.1) is 0 Å². The van der Waals surface area contributed by atoms with E-state index in [2.05, 4.69) is 36.3 Å². The van der Waals surface area contributed by atoms with Crippen molar-refractivity contribution in [1.82, 2.24) is 39.9 Å². The van der Waals surface area contributed by atoms with E-state index in [9.17, 15) is 54.3 Å². The van der Waals surface area contributed by atoms with Crippen molar-refractivity contribution < 1.29 is 93.4 Å². The van der Waals surface area contributed by atoms with Crippen molar-refractivity contribution in [2.75, 3.05) is 26.4 Å². The number of carbonyl (C=O) groups excluding carboxylic acids is 5. The molecule has 8 bridgehead atoms. The van der Waals surface area contributed by atoms with Crippen LogP contribution in [0.25, 0.3) is 89.7 Å². The number of hydrogen-bond donors (Lipinski definition) is 7. The summed E-state index contributed by atoms with van der Waals surface area (Å²) in [7, 11) is 0. The number of aliphatic hydroxyl groups excluding tert-OH is 4. The molecule has 27 heteroatoms. The van der Waals surface area contributed by atoms with E-state index in [-0.39, 0.29) is 68.5 Å². The van der Waals surface area contributed by atoms with Crippen LogP contribution in [0.2, 0.25) is 0 Å². The molecule has 0 fully saturated rings. The van der Waals surface area contributed by atoms with E-state index < -0.39 is 141 Å². The maximum absolute atomic E-state index is 14.0. The molecule has 0 saturated heterocycles. The average Bonchev–Trinajstić information content (AvgIpc) is 1.73. The Morgan fingerprint density at radius 2 is 0.843 bits per heavy atom. The molecule has 2 aliphatic heterocycles. The van der Waals surface area contributed by atoms with Gasteiger partial charge in [0, 0.05) is 32.8 Å². The van der Waals surface area contributed by atoms with Crippen LogP contribution in [0.15, 0.2) is 157 Å². The number of allylic oxidation sites excluding steroid dienone is 4. The summed E-state index contributed by atoms with van der Waals surface area (Å²) in [4.78, 5) is 163. The number of hydrogen-bond acceptors (Lipinski definition) is 24. The van der Waals surface area contributed by atoms with Gasteiger partial charge < -0.3 is 35.5 Å². The number of aromatic amines is 2. The number of nitrogens with one attached hydrogen (secondary N) is 2. The fraction of sp³-hybridized carbons (Fsp3) is 0.129. The number of aromatic carboxylic acids is 1. The van der Waals surface area contributed by atoms with Crippen molar-refractivity contribution >= 4 is 79.5 Å². The molecule has 0 aliphatic carbocycles. The summed E-state index contributed by atoms with van der Waals surface area (Å²) in [5.41, 5.74) is -2.12. The minimum atomic E-state index is -1.83. The predicted octanol–water partition coefficient (Wildman–Crippen LogP) is 7.71. The van der Waals surface area contributed by atoms with Gasteiger partial charge in [-0.3, -0.25) is 63.1 Å². The molecule has 3 aromatic heterocycles. The van der Waals surface area contributed by atoms with Crippen molar-refractivity contribution in [3.8, 4) is 68.5 Å². The summed E-state index contributed by atoms with van der Waals surface area (Å²) in [5, 5.41) is 51.3. The Bertz CT molecular complexity index is 4550. The largest absolute Gasteiger partial charge is 0.478 e. The van der Waals surface area contributed by atoms with Crippen LogP contribution >= 0.6 is 0 Å². The third-order valence-electron chi connectivity index (χ3n) is 12.9. The fourth-order valence-electron chi connectivity index (χ4n) is 8.78. The third-order valence-corrected chi connectivity index (χ3v) is 12.9. The SMILES string of the molecule is C=C(C)C(=O)C(=CCO)OOc1ccc2c(c1OOC(=CCO)C(=O)C(=C)C)-c1nc-2nc2[nH]c(nc3nc(nc4[nH]c(n1)c1c(OOC(=CCO)C(=O)C(=C)C)c(OOC(=CCO)C(=O)C(=C)C)c(C=O)c(C(=O)O)c41)-c1ccccc1-3)c1ccccc21. The highest BCUT2D eigenvalue weighted by molar-refractivity contribution is 6.22. The second kappa shape index (κ2) is 26.2. The number of benzene rings is 4. The van der Waals surface area contributed by atoms with Crippen LogP contribution in [0, 0.1) is 0 Å². The van der Waals surface area contributed by atoms with Gasteiger partial charge in [0.15, 0.2) is 29.6 Å². The lowest BCUT2D eigenvalue weighted by Crippen LogP contribution is -2.15. The maximum Gasteiger partial charge on any atom is 0.337 e. The molecule has 0 saturated carbocycles. The smallest absolute Gasteiger partial charge is 0.337 e. The Morgan fingerprint density at radius 1 is 0.461 bits per heavy atom. The first-order chi connectivity index (χ1) is 42.7. The van der Waals surface area contributed by atoms with Crippen LogP contribution in [0.4, 0.5) is 0 Å². The lowest BCUT2D eigenvalue weighted by molar-refractivity contribution is -0.192. The van der Waals surface area contributed by atoms with Gasteiger partial charge in [-0.1, -0.05) is 74.8 Å². The minimum absolute atomic E-state index is 0.0232. The zero-order valence-electron chi connectivity index (χ0n) is 47.5. The average molecular weight is 1210 g/mol. The summed E-state index contributed by atoms with van der Waals surface area (Å²) in [6.45, 7) is 16.8. The number of H-pyrrole nitrogens is 2. The zero-order chi connectivity index (χ0) is 64.0. The van der Waals surface area contributed by atoms with E-state index in [1.807, 2.05) is 0 Å². The first-order valence-corrected chi connectivity index (χ1v) is 26.3. The summed E-state index contributed by atoms with van der Waals surface area (Å²) < 4.78 is 0. The number of aliphatic hydroxyl groups is 4. The van der Waals surface area contributed by atoms with Crippen molar-refractivity contribution in [2.45, 2.75) is 27.7 Å². The summed E-state index contributed by atoms with van der Waals surface area (Å²) in [6, 6.07) is 16.5. The Balaban J connectivity index is 1.50. The van der Waals surface area contributed by atoms with Crippen molar-refractivity contribution in [3.05, 3.63) is 168 Å². The molecule has 9 rings (SSSR count). The molecule has 7 N–H and O–H groups in total. The van der Waals surface area contributed by atoms with Crippen molar-refractivity contribution in [2.24, 2.45) is 0 Å². The fourth-order valence-corrected chi connectivity index (χ4v) is 8.78. The Kier molecular flexibility index (Phi) is 18.2. The number of carboxylic acid groups (broad SMARTS) is 1. The standard InChI is InChI=1S/C62H50N8O19/c1-28(2)47(76)38(19-23-71)82-86-42-18-17-36-44(52(42)88-84-40(21-25-73)49(78)30(5)6)59-68-58(36)66-56-33-14-10-9-13-32(33)54(64-56)63-55-34-15-11-12-16-35(34)57(65-55)67-60-45-43(62(80)81)37(27-75)51(87-83-39(20-24-72)48(77)29(3)4)53(46(45)61(69-59)70-60)89-85-41(22-26-74)50(79)31(7)8/h9-22,27,71-74H,1,3,5,7,23-26H2,2,4,6,8H3,(H,80,81)(H2,63,64,65,66,67,68,69,70). The molecule has 7 aromatic rings. The summed E-state index contributed by atoms with van der Waals surface area (Å²) >= 11 is 0. The van der Waals surface area contributed by atoms with Crippen LogP contribution in [0.5, 0.6) is 23.0 Å². The first-order valence-electron chi connectivity index (χ1n) is 26.3. The number of aromatic nitrogens is 8. The van der Waals surface area contributed by atoms with Crippen LogP contribution in [0.1, 0.15) is 48.4 Å². The van der Waals surface area contributed by atoms with E-state index in [4.69, 9.17) is 69.0 Å². The number of carbonyl (C=O) groups is 6. The van der Waals surface area contributed by atoms with E-state index in [0.29, 0.717) is 21.9 Å². The van der Waals surface area contributed by atoms with Gasteiger partial charge in [0.05, 0.1) is 48.5 Å². The van der Waals surface area contributed by atoms with Crippen molar-refractivity contribution in [3.63, 3.8) is 0 Å². The van der Waals surface area contributed by atoms with E-state index in [0.717, 1.165) is 24.3 Å². The molecule has 2 aliphatic rings. The molecule has 0 spiro atoms. The van der Waals surface area contributed by atoms with Crippen LogP contribution in [-0.2, 0) is 38.7 Å². The van der Waals surface area contributed by atoms with Crippen LogP contribution < -0.4 is 19.6 Å². The van der Waals surface area contributed by atoms with Crippen molar-refractivity contribution in [1.29, 1.82) is 0 Å². The zero-order valence-corrected chi connectivity index (χ0v) is 47.5. The number of carboxylic acids is 1. The monoisotopic (exact) mass is 1210 g/mol. The highest BCUT2D eigenvalue weighted by Crippen LogP contribution is 2.49. The Labute approximate surface area is 501 Å². The molecule has 89 heavy (non-hydrogen) atoms. The van der Waals surface area contributed by atoms with Gasteiger partial charge in [0.1, 0.15) is 22.6 Å². The molecular formula is C62H50N8O19. The Hall–Kier alpha value is -11.8. The second-order valence-corrected chi connectivity index (χ2v) is 19.2. The highest BCUT2D eigenvalue weighted by Gasteiger charge is 2.36. The minimum Gasteiger partial charge on any atom is -0.478 e. The molecule has 5 heterocycles. The highest BCUT2D eigenvalue weighted by atomic mass is 17.2. The summed E-state index contributed by atoms with van der Waals surface area (Å²) in [5.74, 6) is -11.5. The van der Waals surface area contributed by atoms with Gasteiger partial charge in [0.2, 0.25) is 69.2 Å². The van der Waals surface area contributed by atoms with Gasteiger partial charge in [-0.2, -0.15) is 0 Å². The molecule has 0 atom stereocenters. The molecule has 0 unspecified atom stereocenters. The molecule has 0 amide bonds. The third kappa shape index (κ3) is 12.2. The number of aldehydes is 1. The van der Waals surface area contributed by atoms with E-state index in [1.165, 1.54) is 39.8 Å². The normalized spacial score (nSPS) is 12.1. The van der Waals surface area contributed by atoms with Gasteiger partial charge in [-0.05, 0) is 86.4 Å². The quantitative estimate of drug-likeness (QED) is 0.00897. The van der Waals surface area contributed by atoms with Crippen LogP contribution in [-0.4, -0.2) is 127 Å². The second-order valence-electron chi connectivity index (χ2n) is 19.2. The molecule has 0 radical (unpaired) electrons. The topological polar surface area (TPSA) is 386 Å². The number of nitrogens with zero attached hydrogens (tertiary/aromatic N) is 6. The first kappa shape index (κ1) is 61.8. The van der Waals surface area contributed by atoms with Gasteiger partial charge in [-0.25, -0.2) is 34.7 Å². The lowest BCUT2D eigenvalue weighted by Gasteiger charge is -2.17. The molecule has 4 aromatic carbocycles. The number of rotatable bonds is 26. The van der Waals surface area contributed by atoms with Crippen LogP contribution in [0.3, 0.4) is 0 Å². The lowest BCUT2D eigenvalue weighted by atomic mass is 10.00. The summed E-state index contributed by atoms with van der Waals surface area (Å²) in [6.07, 6.45) is 3.69.